The molecule has 116 valence electrons. The Hall–Kier alpha value is -2.67. The van der Waals surface area contributed by atoms with Gasteiger partial charge in [0.25, 0.3) is 5.69 Å². The molecule has 23 heavy (non-hydrogen) atoms. The Kier molecular flexibility index (Phi) is 3.87. The highest BCUT2D eigenvalue weighted by atomic mass is 32.2. The maximum atomic E-state index is 11.5. The SMILES string of the molecule is CC(=O)c1ccc([N+](=O)[O-])c(Sc2nc3ccc(C)cc3[nH]2)c1. The summed E-state index contributed by atoms with van der Waals surface area (Å²) in [5.41, 5.74) is 3.16. The second-order valence-electron chi connectivity index (χ2n) is 5.16. The number of aryl methyl sites for hydroxylation is 1. The van der Waals surface area contributed by atoms with E-state index in [2.05, 4.69) is 9.97 Å². The molecule has 7 heteroatoms. The van der Waals surface area contributed by atoms with Crippen LogP contribution in [0.3, 0.4) is 0 Å². The highest BCUT2D eigenvalue weighted by Gasteiger charge is 2.18. The molecule has 0 aliphatic carbocycles. The number of hydrogen-bond donors (Lipinski definition) is 1. The van der Waals surface area contributed by atoms with Crippen LogP contribution < -0.4 is 0 Å². The van der Waals surface area contributed by atoms with Crippen LogP contribution in [0, 0.1) is 17.0 Å². The van der Waals surface area contributed by atoms with Gasteiger partial charge in [-0.1, -0.05) is 6.07 Å². The van der Waals surface area contributed by atoms with Crippen molar-refractivity contribution < 1.29 is 9.72 Å². The number of H-pyrrole nitrogens is 1. The van der Waals surface area contributed by atoms with E-state index in [1.807, 2.05) is 25.1 Å². The lowest BCUT2D eigenvalue weighted by Crippen LogP contribution is -1.96. The number of ketones is 1. The zero-order chi connectivity index (χ0) is 16.6. The molecule has 0 saturated heterocycles. The van der Waals surface area contributed by atoms with Crippen molar-refractivity contribution in [2.24, 2.45) is 0 Å². The number of carbonyl (C=O) groups excluding carboxylic acids is 1. The Labute approximate surface area is 136 Å². The minimum Gasteiger partial charge on any atom is -0.333 e. The van der Waals surface area contributed by atoms with Gasteiger partial charge in [0, 0.05) is 11.6 Å². The molecule has 0 unspecified atom stereocenters. The van der Waals surface area contributed by atoms with E-state index < -0.39 is 4.92 Å². The summed E-state index contributed by atoms with van der Waals surface area (Å²) in [5, 5.41) is 11.7. The molecule has 1 heterocycles. The standard InChI is InChI=1S/C16H13N3O3S/c1-9-3-5-12-13(7-9)18-16(17-12)23-15-8-11(10(2)20)4-6-14(15)19(21)22/h3-8H,1-2H3,(H,17,18). The fourth-order valence-corrected chi connectivity index (χ4v) is 3.16. The lowest BCUT2D eigenvalue weighted by molar-refractivity contribution is -0.387. The van der Waals surface area contributed by atoms with Crippen molar-refractivity contribution in [2.75, 3.05) is 0 Å². The van der Waals surface area contributed by atoms with Gasteiger partial charge in [-0.3, -0.25) is 14.9 Å². The zero-order valence-corrected chi connectivity index (χ0v) is 13.3. The van der Waals surface area contributed by atoms with Crippen molar-refractivity contribution >= 4 is 34.3 Å². The first-order chi connectivity index (χ1) is 10.9. The third-order valence-corrected chi connectivity index (χ3v) is 4.32. The smallest absolute Gasteiger partial charge is 0.283 e. The summed E-state index contributed by atoms with van der Waals surface area (Å²) in [7, 11) is 0. The van der Waals surface area contributed by atoms with Crippen molar-refractivity contribution in [3.05, 3.63) is 57.6 Å². The van der Waals surface area contributed by atoms with Crippen molar-refractivity contribution in [3.63, 3.8) is 0 Å². The van der Waals surface area contributed by atoms with Crippen molar-refractivity contribution in [3.8, 4) is 0 Å². The van der Waals surface area contributed by atoms with E-state index in [4.69, 9.17) is 0 Å². The van der Waals surface area contributed by atoms with Crippen LogP contribution in [0.5, 0.6) is 0 Å². The van der Waals surface area contributed by atoms with E-state index in [1.54, 1.807) is 0 Å². The van der Waals surface area contributed by atoms with Gasteiger partial charge < -0.3 is 4.98 Å². The number of aromatic amines is 1. The van der Waals surface area contributed by atoms with E-state index in [0.717, 1.165) is 28.4 Å². The molecule has 0 aliphatic heterocycles. The van der Waals surface area contributed by atoms with Crippen LogP contribution in [0.25, 0.3) is 11.0 Å². The molecule has 0 saturated carbocycles. The van der Waals surface area contributed by atoms with Gasteiger partial charge in [-0.2, -0.15) is 0 Å². The van der Waals surface area contributed by atoms with E-state index in [0.29, 0.717) is 15.6 Å². The number of hydrogen-bond acceptors (Lipinski definition) is 5. The average molecular weight is 327 g/mol. The minimum absolute atomic E-state index is 0.0448. The predicted octanol–water partition coefficient (Wildman–Crippen LogP) is 4.13. The number of imidazole rings is 1. The van der Waals surface area contributed by atoms with E-state index in [9.17, 15) is 14.9 Å². The molecule has 0 spiro atoms. The Morgan fingerprint density at radius 2 is 2.04 bits per heavy atom. The van der Waals surface area contributed by atoms with Gasteiger partial charge in [0.15, 0.2) is 10.9 Å². The summed E-state index contributed by atoms with van der Waals surface area (Å²) in [6.45, 7) is 3.41. The molecule has 6 nitrogen and oxygen atoms in total. The molecule has 1 aromatic heterocycles. The fraction of sp³-hybridized carbons (Fsp3) is 0.125. The summed E-state index contributed by atoms with van der Waals surface area (Å²) >= 11 is 1.15. The molecular weight excluding hydrogens is 314 g/mol. The molecule has 0 aliphatic rings. The summed E-state index contributed by atoms with van der Waals surface area (Å²) in [5.74, 6) is -0.137. The molecular formula is C16H13N3O3S. The molecule has 3 aromatic rings. The normalized spacial score (nSPS) is 10.9. The van der Waals surface area contributed by atoms with Gasteiger partial charge >= 0.3 is 0 Å². The van der Waals surface area contributed by atoms with Crippen LogP contribution in [-0.2, 0) is 0 Å². The van der Waals surface area contributed by atoms with Gasteiger partial charge in [-0.25, -0.2) is 4.98 Å². The van der Waals surface area contributed by atoms with Crippen molar-refractivity contribution in [2.45, 2.75) is 23.9 Å². The topological polar surface area (TPSA) is 88.9 Å². The number of fused-ring (bicyclic) bond motifs is 1. The summed E-state index contributed by atoms with van der Waals surface area (Å²) in [6.07, 6.45) is 0. The first kappa shape index (κ1) is 15.2. The minimum atomic E-state index is -0.459. The number of aromatic nitrogens is 2. The number of nitrogens with zero attached hydrogens (tertiary/aromatic N) is 2. The van der Waals surface area contributed by atoms with Gasteiger partial charge in [0.1, 0.15) is 0 Å². The Bertz CT molecular complexity index is 933. The maximum absolute atomic E-state index is 11.5. The quantitative estimate of drug-likeness (QED) is 0.442. The van der Waals surface area contributed by atoms with Crippen LogP contribution >= 0.6 is 11.8 Å². The molecule has 2 aromatic carbocycles. The Balaban J connectivity index is 2.04. The van der Waals surface area contributed by atoms with Crippen molar-refractivity contribution in [1.82, 2.24) is 9.97 Å². The average Bonchev–Trinajstić information content (AvgIpc) is 2.88. The fourth-order valence-electron chi connectivity index (χ4n) is 2.22. The number of benzene rings is 2. The number of carbonyl (C=O) groups is 1. The predicted molar refractivity (Wildman–Crippen MR) is 88.1 cm³/mol. The third kappa shape index (κ3) is 3.09. The first-order valence-corrected chi connectivity index (χ1v) is 7.69. The number of rotatable bonds is 4. The molecule has 0 atom stereocenters. The molecule has 0 fully saturated rings. The number of Topliss-reactive ketones (excluding diaryl/α,β-unsaturated/α-hetero) is 1. The molecule has 1 N–H and O–H groups in total. The monoisotopic (exact) mass is 327 g/mol. The van der Waals surface area contributed by atoms with E-state index in [1.165, 1.54) is 25.1 Å². The van der Waals surface area contributed by atoms with Gasteiger partial charge in [0.2, 0.25) is 0 Å². The van der Waals surface area contributed by atoms with Gasteiger partial charge in [0.05, 0.1) is 20.9 Å². The first-order valence-electron chi connectivity index (χ1n) is 6.87. The second-order valence-corrected chi connectivity index (χ2v) is 6.19. The lowest BCUT2D eigenvalue weighted by atomic mass is 10.1. The summed E-state index contributed by atoms with van der Waals surface area (Å²) in [4.78, 5) is 30.2. The zero-order valence-electron chi connectivity index (χ0n) is 12.5. The van der Waals surface area contributed by atoms with Gasteiger partial charge in [-0.15, -0.1) is 0 Å². The molecule has 3 rings (SSSR count). The summed E-state index contributed by atoms with van der Waals surface area (Å²) < 4.78 is 0. The van der Waals surface area contributed by atoms with Crippen LogP contribution in [0.2, 0.25) is 0 Å². The van der Waals surface area contributed by atoms with Gasteiger partial charge in [-0.05, 0) is 55.4 Å². The lowest BCUT2D eigenvalue weighted by Gasteiger charge is -2.02. The van der Waals surface area contributed by atoms with Crippen LogP contribution in [-0.4, -0.2) is 20.7 Å². The molecule has 0 amide bonds. The second kappa shape index (κ2) is 5.85. The maximum Gasteiger partial charge on any atom is 0.283 e. The third-order valence-electron chi connectivity index (χ3n) is 3.39. The number of nitrogens with one attached hydrogen (secondary N) is 1. The largest absolute Gasteiger partial charge is 0.333 e. The number of nitro groups is 1. The summed E-state index contributed by atoms with van der Waals surface area (Å²) in [6, 6.07) is 10.2. The van der Waals surface area contributed by atoms with Crippen molar-refractivity contribution in [1.29, 1.82) is 0 Å². The van der Waals surface area contributed by atoms with E-state index in [-0.39, 0.29) is 11.5 Å². The van der Waals surface area contributed by atoms with E-state index >= 15 is 0 Å². The Morgan fingerprint density at radius 1 is 1.26 bits per heavy atom. The Morgan fingerprint density at radius 3 is 2.74 bits per heavy atom. The highest BCUT2D eigenvalue weighted by Crippen LogP contribution is 2.35. The van der Waals surface area contributed by atoms with Crippen LogP contribution in [0.4, 0.5) is 5.69 Å². The number of nitro benzene ring substituents is 1. The van der Waals surface area contributed by atoms with Crippen LogP contribution in [0.1, 0.15) is 22.8 Å². The highest BCUT2D eigenvalue weighted by molar-refractivity contribution is 7.99. The van der Waals surface area contributed by atoms with Crippen LogP contribution in [0.15, 0.2) is 46.5 Å². The molecule has 0 bridgehead atoms. The molecule has 0 radical (unpaired) electrons.